The number of ether oxygens (including phenoxy) is 2. The highest BCUT2D eigenvalue weighted by Gasteiger charge is 2.16. The number of hydrogen-bond donors (Lipinski definition) is 1. The lowest BCUT2D eigenvalue weighted by Gasteiger charge is -2.20. The third-order valence-corrected chi connectivity index (χ3v) is 4.32. The van der Waals surface area contributed by atoms with Crippen LogP contribution in [0.5, 0.6) is 11.5 Å². The quantitative estimate of drug-likeness (QED) is 0.805. The Hall–Kier alpha value is -3.48. The van der Waals surface area contributed by atoms with Crippen LogP contribution in [0.2, 0.25) is 0 Å². The molecule has 0 saturated heterocycles. The van der Waals surface area contributed by atoms with Gasteiger partial charge in [-0.05, 0) is 37.3 Å². The zero-order chi connectivity index (χ0) is 20.3. The Balaban J connectivity index is 2.01. The maximum atomic E-state index is 12.0. The Kier molecular flexibility index (Phi) is 5.54. The van der Waals surface area contributed by atoms with E-state index in [9.17, 15) is 9.59 Å². The maximum Gasteiger partial charge on any atom is 0.254 e. The molecule has 1 amide bonds. The van der Waals surface area contributed by atoms with Gasteiger partial charge in [-0.25, -0.2) is 0 Å². The van der Waals surface area contributed by atoms with E-state index in [1.54, 1.807) is 48.6 Å². The molecular formula is C21H23N3O4. The lowest BCUT2D eigenvalue weighted by atomic mass is 10.0. The third-order valence-electron chi connectivity index (χ3n) is 4.32. The van der Waals surface area contributed by atoms with E-state index in [1.165, 1.54) is 17.6 Å². The average molecular weight is 381 g/mol. The van der Waals surface area contributed by atoms with Crippen molar-refractivity contribution in [2.24, 2.45) is 7.05 Å². The van der Waals surface area contributed by atoms with Gasteiger partial charge >= 0.3 is 0 Å². The van der Waals surface area contributed by atoms with Crippen molar-refractivity contribution in [2.75, 3.05) is 18.9 Å². The summed E-state index contributed by atoms with van der Waals surface area (Å²) in [5, 5.41) is 0. The lowest BCUT2D eigenvalue weighted by Crippen LogP contribution is -2.25. The molecular weight excluding hydrogens is 358 g/mol. The molecule has 0 unspecified atom stereocenters. The second kappa shape index (κ2) is 8.04. The van der Waals surface area contributed by atoms with Crippen molar-refractivity contribution in [1.29, 1.82) is 0 Å². The van der Waals surface area contributed by atoms with Crippen LogP contribution >= 0.6 is 0 Å². The molecule has 0 radical (unpaired) electrons. The molecule has 0 bridgehead atoms. The predicted molar refractivity (Wildman–Crippen MR) is 108 cm³/mol. The highest BCUT2D eigenvalue weighted by Crippen LogP contribution is 2.38. The number of amides is 1. The third kappa shape index (κ3) is 4.09. The van der Waals surface area contributed by atoms with Gasteiger partial charge < -0.3 is 24.7 Å². The van der Waals surface area contributed by atoms with Crippen molar-refractivity contribution in [3.63, 3.8) is 0 Å². The van der Waals surface area contributed by atoms with Crippen molar-refractivity contribution >= 4 is 11.6 Å². The Morgan fingerprint density at radius 3 is 2.64 bits per heavy atom. The number of nitrogens with zero attached hydrogens (tertiary/aromatic N) is 2. The van der Waals surface area contributed by atoms with Gasteiger partial charge in [0.2, 0.25) is 5.91 Å². The van der Waals surface area contributed by atoms with Crippen LogP contribution in [0.15, 0.2) is 59.4 Å². The zero-order valence-corrected chi connectivity index (χ0v) is 16.1. The normalized spacial score (nSPS) is 13.2. The van der Waals surface area contributed by atoms with E-state index in [0.29, 0.717) is 47.2 Å². The molecule has 0 spiro atoms. The summed E-state index contributed by atoms with van der Waals surface area (Å²) in [4.78, 5) is 25.1. The first-order chi connectivity index (χ1) is 13.4. The zero-order valence-electron chi connectivity index (χ0n) is 16.1. The van der Waals surface area contributed by atoms with Gasteiger partial charge in [-0.1, -0.05) is 0 Å². The first-order valence-electron chi connectivity index (χ1n) is 8.96. The number of nitrogen functional groups attached to an aromatic ring is 1. The van der Waals surface area contributed by atoms with E-state index in [4.69, 9.17) is 15.2 Å². The van der Waals surface area contributed by atoms with Gasteiger partial charge in [0.05, 0.1) is 6.61 Å². The van der Waals surface area contributed by atoms with E-state index in [1.807, 2.05) is 13.0 Å². The van der Waals surface area contributed by atoms with Gasteiger partial charge in [-0.15, -0.1) is 0 Å². The van der Waals surface area contributed by atoms with Gasteiger partial charge in [0.1, 0.15) is 17.3 Å². The monoisotopic (exact) mass is 381 g/mol. The molecule has 3 rings (SSSR count). The molecule has 0 atom stereocenters. The number of benzene rings is 1. The van der Waals surface area contributed by atoms with Crippen LogP contribution in [0.4, 0.5) is 5.69 Å². The SMILES string of the molecule is CCOc1cc(=O)n(C)cc1-c1cc(N)ccc1OC1=CCN(C(C)=O)C=C1. The number of aryl methyl sites for hydroxylation is 1. The first-order valence-corrected chi connectivity index (χ1v) is 8.96. The molecule has 0 fully saturated rings. The van der Waals surface area contributed by atoms with Crippen molar-refractivity contribution in [3.05, 3.63) is 64.9 Å². The average Bonchev–Trinajstić information content (AvgIpc) is 2.66. The van der Waals surface area contributed by atoms with Gasteiger partial charge in [0, 0.05) is 55.8 Å². The van der Waals surface area contributed by atoms with E-state index >= 15 is 0 Å². The lowest BCUT2D eigenvalue weighted by molar-refractivity contribution is -0.125. The molecule has 7 nitrogen and oxygen atoms in total. The number of carbonyl (C=O) groups excluding carboxylic acids is 1. The number of carbonyl (C=O) groups is 1. The molecule has 0 aliphatic carbocycles. The molecule has 28 heavy (non-hydrogen) atoms. The van der Waals surface area contributed by atoms with Crippen LogP contribution < -0.4 is 20.8 Å². The molecule has 146 valence electrons. The van der Waals surface area contributed by atoms with Gasteiger partial charge in [0.25, 0.3) is 5.56 Å². The summed E-state index contributed by atoms with van der Waals surface area (Å²) < 4.78 is 13.2. The van der Waals surface area contributed by atoms with Crippen LogP contribution in [0.1, 0.15) is 13.8 Å². The van der Waals surface area contributed by atoms with Crippen molar-refractivity contribution in [1.82, 2.24) is 9.47 Å². The van der Waals surface area contributed by atoms with Crippen molar-refractivity contribution < 1.29 is 14.3 Å². The summed E-state index contributed by atoms with van der Waals surface area (Å²) in [6.45, 7) is 4.23. The van der Waals surface area contributed by atoms with Gasteiger partial charge in [0.15, 0.2) is 0 Å². The van der Waals surface area contributed by atoms with E-state index in [0.717, 1.165) is 0 Å². The topological polar surface area (TPSA) is 86.8 Å². The molecule has 2 N–H and O–H groups in total. The molecule has 2 aromatic rings. The fraction of sp³-hybridized carbons (Fsp3) is 0.238. The van der Waals surface area contributed by atoms with Crippen LogP contribution in [0.3, 0.4) is 0 Å². The standard InChI is InChI=1S/C21H23N3O4/c1-4-27-20-12-21(26)23(3)13-18(20)17-11-15(22)5-6-19(17)28-16-7-9-24(10-8-16)14(2)25/h5-9,11-13H,4,10,22H2,1-3H3. The van der Waals surface area contributed by atoms with E-state index in [2.05, 4.69) is 0 Å². The molecule has 1 aromatic carbocycles. The largest absolute Gasteiger partial charge is 0.493 e. The number of pyridine rings is 1. The number of nitrogens with two attached hydrogens (primary N) is 1. The molecule has 0 saturated carbocycles. The van der Waals surface area contributed by atoms with Crippen molar-refractivity contribution in [3.8, 4) is 22.6 Å². The first kappa shape index (κ1) is 19.3. The molecule has 2 heterocycles. The summed E-state index contributed by atoms with van der Waals surface area (Å²) in [5.41, 5.74) is 7.82. The maximum absolute atomic E-state index is 12.0. The Morgan fingerprint density at radius 2 is 2.00 bits per heavy atom. The summed E-state index contributed by atoms with van der Waals surface area (Å²) >= 11 is 0. The summed E-state index contributed by atoms with van der Waals surface area (Å²) in [6, 6.07) is 6.76. The second-order valence-corrected chi connectivity index (χ2v) is 6.38. The fourth-order valence-corrected chi connectivity index (χ4v) is 2.85. The molecule has 1 aromatic heterocycles. The summed E-state index contributed by atoms with van der Waals surface area (Å²) in [6.07, 6.45) is 6.95. The number of anilines is 1. The fourth-order valence-electron chi connectivity index (χ4n) is 2.85. The van der Waals surface area contributed by atoms with E-state index < -0.39 is 0 Å². The summed E-state index contributed by atoms with van der Waals surface area (Å²) in [7, 11) is 1.68. The Morgan fingerprint density at radius 1 is 1.21 bits per heavy atom. The number of hydrogen-bond acceptors (Lipinski definition) is 5. The van der Waals surface area contributed by atoms with Crippen LogP contribution in [-0.2, 0) is 11.8 Å². The molecule has 1 aliphatic rings. The number of aromatic nitrogens is 1. The highest BCUT2D eigenvalue weighted by atomic mass is 16.5. The Labute approximate surface area is 163 Å². The minimum absolute atomic E-state index is 0.0358. The minimum Gasteiger partial charge on any atom is -0.493 e. The van der Waals surface area contributed by atoms with Crippen molar-refractivity contribution in [2.45, 2.75) is 13.8 Å². The predicted octanol–water partition coefficient (Wildman–Crippen LogP) is 2.67. The number of rotatable bonds is 5. The van der Waals surface area contributed by atoms with E-state index in [-0.39, 0.29) is 11.5 Å². The van der Waals surface area contributed by atoms with Gasteiger partial charge in [-0.3, -0.25) is 9.59 Å². The minimum atomic E-state index is -0.166. The highest BCUT2D eigenvalue weighted by molar-refractivity contribution is 5.78. The molecule has 1 aliphatic heterocycles. The van der Waals surface area contributed by atoms with Crippen LogP contribution in [-0.4, -0.2) is 28.5 Å². The number of allylic oxidation sites excluding steroid dienone is 1. The Bertz CT molecular complexity index is 1020. The van der Waals surface area contributed by atoms with Crippen LogP contribution in [0, 0.1) is 0 Å². The second-order valence-electron chi connectivity index (χ2n) is 6.38. The van der Waals surface area contributed by atoms with Crippen LogP contribution in [0.25, 0.3) is 11.1 Å². The van der Waals surface area contributed by atoms with Gasteiger partial charge in [-0.2, -0.15) is 0 Å². The molecule has 7 heteroatoms. The smallest absolute Gasteiger partial charge is 0.254 e. The summed E-state index contributed by atoms with van der Waals surface area (Å²) in [5.74, 6) is 1.62.